The minimum absolute atomic E-state index is 0. The van der Waals surface area contributed by atoms with Crippen molar-refractivity contribution >= 4 is 37.7 Å². The van der Waals surface area contributed by atoms with E-state index in [9.17, 15) is 0 Å². The Morgan fingerprint density at radius 3 is 1.00 bits per heavy atom. The van der Waals surface area contributed by atoms with Gasteiger partial charge in [0.2, 0.25) is 0 Å². The van der Waals surface area contributed by atoms with Crippen LogP contribution in [0.2, 0.25) is 0 Å². The van der Waals surface area contributed by atoms with Crippen LogP contribution in [0.4, 0.5) is 0 Å². The maximum Gasteiger partial charge on any atom is 2.00 e. The van der Waals surface area contributed by atoms with Gasteiger partial charge < -0.3 is 13.1 Å². The molecule has 0 aromatic heterocycles. The van der Waals surface area contributed by atoms with Crippen molar-refractivity contribution in [2.24, 2.45) is 0 Å². The standard InChI is InChI=1S/2CH4O.Ca.2H/c2*1-2;;;/h2*2H,1H3;;;/q;;+2;2*-1. The summed E-state index contributed by atoms with van der Waals surface area (Å²) in [6.45, 7) is 0. The SMILES string of the molecule is CO.CO.[Ca+2].[H-].[H-]. The molecule has 32 valence electrons. The van der Waals surface area contributed by atoms with Gasteiger partial charge in [-0.2, -0.15) is 0 Å². The van der Waals surface area contributed by atoms with Crippen molar-refractivity contribution in [1.82, 2.24) is 0 Å². The van der Waals surface area contributed by atoms with E-state index in [0.717, 1.165) is 14.2 Å². The molecule has 0 atom stereocenters. The largest absolute Gasteiger partial charge is 2.00 e. The topological polar surface area (TPSA) is 40.5 Å². The Balaban J connectivity index is -0.00000000267. The maximum atomic E-state index is 7.00. The molecule has 2 N–H and O–H groups in total. The predicted octanol–water partition coefficient (Wildman–Crippen LogP) is -0.939. The average Bonchev–Trinajstić information content (AvgIpc) is 1.50. The van der Waals surface area contributed by atoms with E-state index in [1.54, 1.807) is 0 Å². The summed E-state index contributed by atoms with van der Waals surface area (Å²) < 4.78 is 0. The van der Waals surface area contributed by atoms with Gasteiger partial charge in [0.05, 0.1) is 0 Å². The molecule has 0 radical (unpaired) electrons. The zero-order valence-corrected chi connectivity index (χ0v) is 5.81. The molecule has 2 nitrogen and oxygen atoms in total. The molecule has 3 heteroatoms. The molecule has 0 fully saturated rings. The van der Waals surface area contributed by atoms with E-state index in [-0.39, 0.29) is 40.6 Å². The van der Waals surface area contributed by atoms with E-state index < -0.39 is 0 Å². The molecule has 0 aliphatic heterocycles. The van der Waals surface area contributed by atoms with Gasteiger partial charge in [0.1, 0.15) is 0 Å². The fourth-order valence-corrected chi connectivity index (χ4v) is 0. The molecule has 5 heavy (non-hydrogen) atoms. The van der Waals surface area contributed by atoms with Crippen LogP contribution in [0.5, 0.6) is 0 Å². The number of hydrogen-bond acceptors (Lipinski definition) is 2. The molecule has 0 saturated carbocycles. The fourth-order valence-electron chi connectivity index (χ4n) is 0. The Morgan fingerprint density at radius 2 is 1.00 bits per heavy atom. The first-order chi connectivity index (χ1) is 2.00. The average molecular weight is 106 g/mol. The zero-order valence-electron chi connectivity index (χ0n) is 5.60. The van der Waals surface area contributed by atoms with Crippen molar-refractivity contribution in [2.45, 2.75) is 0 Å². The van der Waals surface area contributed by atoms with E-state index in [4.69, 9.17) is 10.2 Å². The first kappa shape index (κ1) is 16.4. The Bertz CT molecular complexity index is 13.7. The molecule has 0 rings (SSSR count). The summed E-state index contributed by atoms with van der Waals surface area (Å²) in [5.41, 5.74) is 0. The molecule has 0 aromatic rings. The molecule has 0 unspecified atom stereocenters. The number of aliphatic hydroxyl groups excluding tert-OH is 2. The van der Waals surface area contributed by atoms with Gasteiger partial charge in [0.25, 0.3) is 0 Å². The van der Waals surface area contributed by atoms with Crippen molar-refractivity contribution in [3.8, 4) is 0 Å². The summed E-state index contributed by atoms with van der Waals surface area (Å²) in [6.07, 6.45) is 0. The van der Waals surface area contributed by atoms with Gasteiger partial charge in [0.15, 0.2) is 0 Å². The van der Waals surface area contributed by atoms with Crippen LogP contribution in [0.25, 0.3) is 0 Å². The summed E-state index contributed by atoms with van der Waals surface area (Å²) >= 11 is 0. The molecule has 0 aromatic carbocycles. The van der Waals surface area contributed by atoms with Crippen molar-refractivity contribution in [3.63, 3.8) is 0 Å². The van der Waals surface area contributed by atoms with Crippen LogP contribution in [-0.4, -0.2) is 62.2 Å². The first-order valence-corrected chi connectivity index (χ1v) is 0.894. The fraction of sp³-hybridized carbons (Fsp3) is 1.00. The van der Waals surface area contributed by atoms with Crippen LogP contribution in [0.3, 0.4) is 0 Å². The van der Waals surface area contributed by atoms with Gasteiger partial charge in [-0.1, -0.05) is 0 Å². The molecular formula is C2H10CaO2. The molecular weight excluding hydrogens is 96.1 g/mol. The molecule has 0 spiro atoms. The van der Waals surface area contributed by atoms with Gasteiger partial charge in [-0.25, -0.2) is 0 Å². The van der Waals surface area contributed by atoms with Gasteiger partial charge in [-0.05, 0) is 0 Å². The van der Waals surface area contributed by atoms with Crippen LogP contribution in [0.1, 0.15) is 2.85 Å². The summed E-state index contributed by atoms with van der Waals surface area (Å²) in [5, 5.41) is 14.0. The van der Waals surface area contributed by atoms with Crippen LogP contribution < -0.4 is 0 Å². The van der Waals surface area contributed by atoms with Crippen molar-refractivity contribution in [2.75, 3.05) is 14.2 Å². The van der Waals surface area contributed by atoms with Crippen molar-refractivity contribution in [1.29, 1.82) is 0 Å². The monoisotopic (exact) mass is 106 g/mol. The van der Waals surface area contributed by atoms with Gasteiger partial charge in [0, 0.05) is 14.2 Å². The van der Waals surface area contributed by atoms with Crippen molar-refractivity contribution in [3.05, 3.63) is 0 Å². The quantitative estimate of drug-likeness (QED) is 0.391. The third-order valence-electron chi connectivity index (χ3n) is 0. The van der Waals surface area contributed by atoms with E-state index in [1.165, 1.54) is 0 Å². The van der Waals surface area contributed by atoms with Gasteiger partial charge >= 0.3 is 37.7 Å². The molecule has 0 bridgehead atoms. The Kier molecular flexibility index (Phi) is 213. The molecule has 0 aliphatic rings. The third kappa shape index (κ3) is 37.6. The first-order valence-electron chi connectivity index (χ1n) is 0.894. The summed E-state index contributed by atoms with van der Waals surface area (Å²) in [6, 6.07) is 0. The van der Waals surface area contributed by atoms with E-state index in [0.29, 0.717) is 0 Å². The molecule has 0 aliphatic carbocycles. The number of aliphatic hydroxyl groups is 2. The number of rotatable bonds is 0. The second-order valence-corrected chi connectivity index (χ2v) is 0. The summed E-state index contributed by atoms with van der Waals surface area (Å²) in [7, 11) is 2.00. The van der Waals surface area contributed by atoms with Crippen LogP contribution in [-0.2, 0) is 0 Å². The normalized spacial score (nSPS) is 2.40. The summed E-state index contributed by atoms with van der Waals surface area (Å²) in [5.74, 6) is 0. The van der Waals surface area contributed by atoms with Crippen molar-refractivity contribution < 1.29 is 13.1 Å². The van der Waals surface area contributed by atoms with Crippen LogP contribution in [0, 0.1) is 0 Å². The summed E-state index contributed by atoms with van der Waals surface area (Å²) in [4.78, 5) is 0. The van der Waals surface area contributed by atoms with E-state index >= 15 is 0 Å². The van der Waals surface area contributed by atoms with Crippen LogP contribution >= 0.6 is 0 Å². The third-order valence-corrected chi connectivity index (χ3v) is 0. The second kappa shape index (κ2) is 65.0. The zero-order chi connectivity index (χ0) is 4.00. The minimum atomic E-state index is 0. The molecule has 0 heterocycles. The second-order valence-electron chi connectivity index (χ2n) is 0. The number of hydrogen-bond donors (Lipinski definition) is 2. The van der Waals surface area contributed by atoms with Crippen LogP contribution in [0.15, 0.2) is 0 Å². The van der Waals surface area contributed by atoms with Gasteiger partial charge in [-0.3, -0.25) is 0 Å². The van der Waals surface area contributed by atoms with E-state index in [1.807, 2.05) is 0 Å². The maximum absolute atomic E-state index is 7.00. The minimum Gasteiger partial charge on any atom is -1.00 e. The van der Waals surface area contributed by atoms with Gasteiger partial charge in [-0.15, -0.1) is 0 Å². The Labute approximate surface area is 64.8 Å². The Hall–Kier alpha value is 1.18. The predicted molar refractivity (Wildman–Crippen MR) is 24.3 cm³/mol. The molecule has 0 amide bonds. The van der Waals surface area contributed by atoms with E-state index in [2.05, 4.69) is 0 Å². The molecule has 0 saturated heterocycles. The Morgan fingerprint density at radius 1 is 1.00 bits per heavy atom. The smallest absolute Gasteiger partial charge is 1.00 e.